The van der Waals surface area contributed by atoms with Gasteiger partial charge in [0.1, 0.15) is 12.4 Å². The molecular weight excluding hydrogens is 226 g/mol. The predicted molar refractivity (Wildman–Crippen MR) is 76.4 cm³/mol. The Kier molecular flexibility index (Phi) is 5.99. The van der Waals surface area contributed by atoms with Crippen molar-refractivity contribution in [3.8, 4) is 5.75 Å². The normalized spacial score (nSPS) is 11.3. The van der Waals surface area contributed by atoms with Gasteiger partial charge in [0.15, 0.2) is 0 Å². The van der Waals surface area contributed by atoms with Gasteiger partial charge in [-0.15, -0.1) is 0 Å². The van der Waals surface area contributed by atoms with Crippen LogP contribution in [0.4, 0.5) is 5.69 Å². The van der Waals surface area contributed by atoms with E-state index in [0.29, 0.717) is 13.2 Å². The summed E-state index contributed by atoms with van der Waals surface area (Å²) in [4.78, 5) is 0. The van der Waals surface area contributed by atoms with E-state index in [1.165, 1.54) is 0 Å². The highest BCUT2D eigenvalue weighted by atomic mass is 16.5. The Bertz CT molecular complexity index is 345. The van der Waals surface area contributed by atoms with Gasteiger partial charge in [0.25, 0.3) is 0 Å². The first-order chi connectivity index (χ1) is 8.51. The highest BCUT2D eigenvalue weighted by Crippen LogP contribution is 2.20. The molecule has 0 fully saturated rings. The molecule has 0 saturated heterocycles. The van der Waals surface area contributed by atoms with E-state index in [-0.39, 0.29) is 5.41 Å². The molecule has 0 aromatic heterocycles. The monoisotopic (exact) mass is 251 g/mol. The first-order valence-corrected chi connectivity index (χ1v) is 6.56. The standard InChI is InChI=1S/C15H25NO2/c1-5-17-9-10-18-14-8-6-7-13(11-14)16-12-15(2,3)4/h6-8,11,16H,5,9-10,12H2,1-4H3. The van der Waals surface area contributed by atoms with Gasteiger partial charge in [-0.3, -0.25) is 0 Å². The number of benzene rings is 1. The summed E-state index contributed by atoms with van der Waals surface area (Å²) in [6, 6.07) is 8.05. The Balaban J connectivity index is 2.41. The maximum absolute atomic E-state index is 5.62. The van der Waals surface area contributed by atoms with Crippen LogP contribution in [-0.2, 0) is 4.74 Å². The molecule has 0 spiro atoms. The van der Waals surface area contributed by atoms with Gasteiger partial charge in [0, 0.05) is 24.9 Å². The number of hydrogen-bond donors (Lipinski definition) is 1. The minimum atomic E-state index is 0.270. The van der Waals surface area contributed by atoms with Gasteiger partial charge < -0.3 is 14.8 Å². The van der Waals surface area contributed by atoms with E-state index in [9.17, 15) is 0 Å². The van der Waals surface area contributed by atoms with E-state index >= 15 is 0 Å². The van der Waals surface area contributed by atoms with Crippen LogP contribution in [0, 0.1) is 5.41 Å². The number of hydrogen-bond acceptors (Lipinski definition) is 3. The van der Waals surface area contributed by atoms with Gasteiger partial charge in [-0.2, -0.15) is 0 Å². The SMILES string of the molecule is CCOCCOc1cccc(NCC(C)(C)C)c1. The lowest BCUT2D eigenvalue weighted by molar-refractivity contribution is 0.110. The molecule has 0 atom stereocenters. The molecule has 3 nitrogen and oxygen atoms in total. The van der Waals surface area contributed by atoms with E-state index in [1.807, 2.05) is 25.1 Å². The molecule has 0 radical (unpaired) electrons. The lowest BCUT2D eigenvalue weighted by Gasteiger charge is -2.20. The minimum absolute atomic E-state index is 0.270. The molecule has 0 aliphatic carbocycles. The number of nitrogens with one attached hydrogen (secondary N) is 1. The third kappa shape index (κ3) is 6.50. The average molecular weight is 251 g/mol. The van der Waals surface area contributed by atoms with E-state index in [1.54, 1.807) is 0 Å². The summed E-state index contributed by atoms with van der Waals surface area (Å²) in [5, 5.41) is 3.42. The van der Waals surface area contributed by atoms with Crippen LogP contribution < -0.4 is 10.1 Å². The molecule has 1 aromatic carbocycles. The van der Waals surface area contributed by atoms with Crippen molar-refractivity contribution in [1.82, 2.24) is 0 Å². The summed E-state index contributed by atoms with van der Waals surface area (Å²) in [5.41, 5.74) is 1.37. The first-order valence-electron chi connectivity index (χ1n) is 6.56. The molecule has 0 bridgehead atoms. The summed E-state index contributed by atoms with van der Waals surface area (Å²) in [7, 11) is 0. The van der Waals surface area contributed by atoms with Crippen LogP contribution >= 0.6 is 0 Å². The third-order valence-corrected chi connectivity index (χ3v) is 2.36. The second kappa shape index (κ2) is 7.27. The van der Waals surface area contributed by atoms with Gasteiger partial charge >= 0.3 is 0 Å². The highest BCUT2D eigenvalue weighted by molar-refractivity contribution is 5.48. The molecule has 0 aliphatic rings. The second-order valence-corrected chi connectivity index (χ2v) is 5.49. The van der Waals surface area contributed by atoms with E-state index in [0.717, 1.165) is 24.6 Å². The Morgan fingerprint density at radius 2 is 1.94 bits per heavy atom. The topological polar surface area (TPSA) is 30.5 Å². The van der Waals surface area contributed by atoms with Crippen LogP contribution in [0.2, 0.25) is 0 Å². The Labute approximate surface area is 110 Å². The van der Waals surface area contributed by atoms with Crippen molar-refractivity contribution in [3.63, 3.8) is 0 Å². The molecule has 3 heteroatoms. The summed E-state index contributed by atoms with van der Waals surface area (Å²) >= 11 is 0. The van der Waals surface area contributed by atoms with Gasteiger partial charge in [-0.05, 0) is 24.5 Å². The summed E-state index contributed by atoms with van der Waals surface area (Å²) in [6.45, 7) is 11.5. The van der Waals surface area contributed by atoms with Crippen LogP contribution in [0.25, 0.3) is 0 Å². The first kappa shape index (κ1) is 14.8. The zero-order chi connectivity index (χ0) is 13.4. The second-order valence-electron chi connectivity index (χ2n) is 5.49. The number of rotatable bonds is 7. The van der Waals surface area contributed by atoms with Crippen LogP contribution in [0.5, 0.6) is 5.75 Å². The Morgan fingerprint density at radius 1 is 1.17 bits per heavy atom. The minimum Gasteiger partial charge on any atom is -0.491 e. The van der Waals surface area contributed by atoms with Crippen LogP contribution in [-0.4, -0.2) is 26.4 Å². The van der Waals surface area contributed by atoms with Gasteiger partial charge in [0.2, 0.25) is 0 Å². The van der Waals surface area contributed by atoms with Crippen molar-refractivity contribution in [2.24, 2.45) is 5.41 Å². The Hall–Kier alpha value is -1.22. The quantitative estimate of drug-likeness (QED) is 0.752. The molecular formula is C15H25NO2. The number of ether oxygens (including phenoxy) is 2. The van der Waals surface area contributed by atoms with E-state index in [2.05, 4.69) is 32.2 Å². The molecule has 0 unspecified atom stereocenters. The predicted octanol–water partition coefficient (Wildman–Crippen LogP) is 3.56. The number of anilines is 1. The van der Waals surface area contributed by atoms with Gasteiger partial charge in [0.05, 0.1) is 6.61 Å². The van der Waals surface area contributed by atoms with Crippen molar-refractivity contribution in [2.75, 3.05) is 31.7 Å². The molecule has 102 valence electrons. The molecule has 0 aliphatic heterocycles. The molecule has 0 amide bonds. The molecule has 1 N–H and O–H groups in total. The fourth-order valence-electron chi connectivity index (χ4n) is 1.43. The van der Waals surface area contributed by atoms with Gasteiger partial charge in [-0.25, -0.2) is 0 Å². The van der Waals surface area contributed by atoms with Crippen LogP contribution in [0.3, 0.4) is 0 Å². The van der Waals surface area contributed by atoms with Gasteiger partial charge in [-0.1, -0.05) is 26.8 Å². The molecule has 18 heavy (non-hydrogen) atoms. The van der Waals surface area contributed by atoms with Crippen molar-refractivity contribution in [2.45, 2.75) is 27.7 Å². The van der Waals surface area contributed by atoms with Crippen molar-refractivity contribution < 1.29 is 9.47 Å². The van der Waals surface area contributed by atoms with Crippen LogP contribution in [0.1, 0.15) is 27.7 Å². The molecule has 0 heterocycles. The van der Waals surface area contributed by atoms with Crippen molar-refractivity contribution >= 4 is 5.69 Å². The smallest absolute Gasteiger partial charge is 0.121 e. The lowest BCUT2D eigenvalue weighted by Crippen LogP contribution is -2.18. The molecule has 1 aromatic rings. The zero-order valence-corrected chi connectivity index (χ0v) is 12.0. The summed E-state index contributed by atoms with van der Waals surface area (Å²) < 4.78 is 10.9. The lowest BCUT2D eigenvalue weighted by atomic mass is 9.97. The molecule has 1 rings (SSSR count). The van der Waals surface area contributed by atoms with Crippen molar-refractivity contribution in [3.05, 3.63) is 24.3 Å². The van der Waals surface area contributed by atoms with Crippen molar-refractivity contribution in [1.29, 1.82) is 0 Å². The summed E-state index contributed by atoms with van der Waals surface area (Å²) in [5.74, 6) is 0.883. The van der Waals surface area contributed by atoms with E-state index < -0.39 is 0 Å². The maximum Gasteiger partial charge on any atom is 0.121 e. The fraction of sp³-hybridized carbons (Fsp3) is 0.600. The fourth-order valence-corrected chi connectivity index (χ4v) is 1.43. The Morgan fingerprint density at radius 3 is 2.61 bits per heavy atom. The third-order valence-electron chi connectivity index (χ3n) is 2.36. The summed E-state index contributed by atoms with van der Waals surface area (Å²) in [6.07, 6.45) is 0. The largest absolute Gasteiger partial charge is 0.491 e. The average Bonchev–Trinajstić information content (AvgIpc) is 2.32. The highest BCUT2D eigenvalue weighted by Gasteiger charge is 2.09. The van der Waals surface area contributed by atoms with Crippen LogP contribution in [0.15, 0.2) is 24.3 Å². The maximum atomic E-state index is 5.62. The van der Waals surface area contributed by atoms with E-state index in [4.69, 9.17) is 9.47 Å². The molecule has 0 saturated carbocycles. The zero-order valence-electron chi connectivity index (χ0n) is 12.0.